The van der Waals surface area contributed by atoms with Crippen molar-refractivity contribution in [2.45, 2.75) is 18.4 Å². The van der Waals surface area contributed by atoms with E-state index >= 15 is 0 Å². The van der Waals surface area contributed by atoms with Gasteiger partial charge in [0.05, 0.1) is 11.6 Å². The second-order valence-corrected chi connectivity index (χ2v) is 6.51. The summed E-state index contributed by atoms with van der Waals surface area (Å²) in [6, 6.07) is 13.4. The highest BCUT2D eigenvalue weighted by Gasteiger charge is 2.38. The number of anilines is 1. The molecule has 3 nitrogen and oxygen atoms in total. The Morgan fingerprint density at radius 3 is 2.78 bits per heavy atom. The Balaban J connectivity index is 1.81. The van der Waals surface area contributed by atoms with Crippen LogP contribution < -0.4 is 5.32 Å². The molecule has 0 unspecified atom stereocenters. The van der Waals surface area contributed by atoms with Crippen molar-refractivity contribution in [1.29, 1.82) is 0 Å². The lowest BCUT2D eigenvalue weighted by molar-refractivity contribution is 0.0696. The second kappa shape index (κ2) is 5.43. The van der Waals surface area contributed by atoms with Crippen LogP contribution in [0.25, 0.3) is 0 Å². The number of halogens is 1. The van der Waals surface area contributed by atoms with Gasteiger partial charge < -0.3 is 10.4 Å². The molecule has 1 heterocycles. The van der Waals surface area contributed by atoms with Gasteiger partial charge in [0.15, 0.2) is 0 Å². The minimum absolute atomic E-state index is 0.131. The molecule has 2 aliphatic rings. The van der Waals surface area contributed by atoms with Crippen molar-refractivity contribution in [3.05, 3.63) is 76.3 Å². The van der Waals surface area contributed by atoms with Gasteiger partial charge in [-0.05, 0) is 47.7 Å². The van der Waals surface area contributed by atoms with E-state index in [9.17, 15) is 9.90 Å². The van der Waals surface area contributed by atoms with Crippen LogP contribution in [0.1, 0.15) is 39.9 Å². The molecule has 23 heavy (non-hydrogen) atoms. The zero-order valence-electron chi connectivity index (χ0n) is 12.4. The summed E-state index contributed by atoms with van der Waals surface area (Å²) in [5.74, 6) is -0.308. The lowest BCUT2D eigenvalue weighted by Gasteiger charge is -2.38. The molecule has 0 fully saturated rings. The van der Waals surface area contributed by atoms with Crippen LogP contribution in [0.5, 0.6) is 0 Å². The lowest BCUT2D eigenvalue weighted by Crippen LogP contribution is -2.29. The van der Waals surface area contributed by atoms with Crippen molar-refractivity contribution >= 4 is 23.3 Å². The molecule has 0 aromatic heterocycles. The van der Waals surface area contributed by atoms with E-state index in [1.165, 1.54) is 0 Å². The third-order valence-electron chi connectivity index (χ3n) is 4.85. The SMILES string of the molecule is O=C(O)c1ccc2c(c1)[C@H]1C=CC[C@H]1[C@@H](c1ccccc1Cl)N2. The van der Waals surface area contributed by atoms with E-state index in [0.717, 1.165) is 28.3 Å². The van der Waals surface area contributed by atoms with Gasteiger partial charge in [0.25, 0.3) is 0 Å². The molecular formula is C19H16ClNO2. The van der Waals surface area contributed by atoms with Crippen LogP contribution in [0, 0.1) is 5.92 Å². The zero-order chi connectivity index (χ0) is 16.0. The van der Waals surface area contributed by atoms with Gasteiger partial charge in [-0.3, -0.25) is 0 Å². The largest absolute Gasteiger partial charge is 0.478 e. The summed E-state index contributed by atoms with van der Waals surface area (Å²) in [4.78, 5) is 11.3. The van der Waals surface area contributed by atoms with E-state index in [1.54, 1.807) is 12.1 Å². The highest BCUT2D eigenvalue weighted by atomic mass is 35.5. The van der Waals surface area contributed by atoms with Gasteiger partial charge in [-0.15, -0.1) is 0 Å². The van der Waals surface area contributed by atoms with Crippen molar-refractivity contribution < 1.29 is 9.90 Å². The summed E-state index contributed by atoms with van der Waals surface area (Å²) in [6.45, 7) is 0. The zero-order valence-corrected chi connectivity index (χ0v) is 13.1. The molecule has 2 aromatic carbocycles. The first-order valence-electron chi connectivity index (χ1n) is 7.70. The Kier molecular flexibility index (Phi) is 3.38. The van der Waals surface area contributed by atoms with E-state index in [1.807, 2.05) is 24.3 Å². The fourth-order valence-corrected chi connectivity index (χ4v) is 4.02. The summed E-state index contributed by atoms with van der Waals surface area (Å²) < 4.78 is 0. The smallest absolute Gasteiger partial charge is 0.335 e. The number of rotatable bonds is 2. The monoisotopic (exact) mass is 325 g/mol. The number of carboxylic acids is 1. The molecule has 4 heteroatoms. The fraction of sp³-hybridized carbons (Fsp3) is 0.211. The van der Waals surface area contributed by atoms with Crippen molar-refractivity contribution in [3.8, 4) is 0 Å². The maximum absolute atomic E-state index is 11.3. The maximum atomic E-state index is 11.3. The Morgan fingerprint density at radius 2 is 2.00 bits per heavy atom. The van der Waals surface area contributed by atoms with Gasteiger partial charge in [0.1, 0.15) is 0 Å². The molecule has 116 valence electrons. The molecule has 1 aliphatic carbocycles. The van der Waals surface area contributed by atoms with E-state index in [0.29, 0.717) is 11.5 Å². The normalized spacial score (nSPS) is 24.7. The molecule has 4 rings (SSSR count). The summed E-state index contributed by atoms with van der Waals surface area (Å²) in [5, 5.41) is 13.6. The molecule has 0 spiro atoms. The van der Waals surface area contributed by atoms with Gasteiger partial charge in [0.2, 0.25) is 0 Å². The predicted octanol–water partition coefficient (Wildman–Crippen LogP) is 4.86. The number of nitrogens with one attached hydrogen (secondary N) is 1. The first-order valence-corrected chi connectivity index (χ1v) is 8.08. The number of carboxylic acid groups (broad SMARTS) is 1. The van der Waals surface area contributed by atoms with Crippen LogP contribution in [-0.2, 0) is 0 Å². The van der Waals surface area contributed by atoms with Crippen molar-refractivity contribution in [3.63, 3.8) is 0 Å². The van der Waals surface area contributed by atoms with Crippen LogP contribution in [0.4, 0.5) is 5.69 Å². The summed E-state index contributed by atoms with van der Waals surface area (Å²) in [5.41, 5.74) is 3.49. The third kappa shape index (κ3) is 2.32. The minimum atomic E-state index is -0.889. The quantitative estimate of drug-likeness (QED) is 0.775. The van der Waals surface area contributed by atoms with E-state index < -0.39 is 5.97 Å². The molecule has 0 radical (unpaired) electrons. The Morgan fingerprint density at radius 1 is 1.17 bits per heavy atom. The summed E-state index contributed by atoms with van der Waals surface area (Å²) in [6.07, 6.45) is 5.34. The first kappa shape index (κ1) is 14.3. The number of carbonyl (C=O) groups is 1. The van der Waals surface area contributed by atoms with Crippen molar-refractivity contribution in [2.24, 2.45) is 5.92 Å². The molecule has 0 amide bonds. The maximum Gasteiger partial charge on any atom is 0.335 e. The van der Waals surface area contributed by atoms with Crippen LogP contribution >= 0.6 is 11.6 Å². The standard InChI is InChI=1S/C19H16ClNO2/c20-16-7-2-1-4-14(16)18-13-6-3-5-12(13)15-10-11(19(22)23)8-9-17(15)21-18/h1-5,7-10,12-13,18,21H,6H2,(H,22,23)/t12-,13+,18-/m0/s1. The molecular weight excluding hydrogens is 310 g/mol. The Bertz CT molecular complexity index is 815. The lowest BCUT2D eigenvalue weighted by atomic mass is 9.76. The van der Waals surface area contributed by atoms with Crippen molar-refractivity contribution in [2.75, 3.05) is 5.32 Å². The highest BCUT2D eigenvalue weighted by Crippen LogP contribution is 2.50. The molecule has 0 bridgehead atoms. The van der Waals surface area contributed by atoms with Crippen molar-refractivity contribution in [1.82, 2.24) is 0 Å². The Hall–Kier alpha value is -2.26. The third-order valence-corrected chi connectivity index (χ3v) is 5.19. The van der Waals surface area contributed by atoms with Crippen LogP contribution in [0.3, 0.4) is 0 Å². The fourth-order valence-electron chi connectivity index (χ4n) is 3.76. The Labute approximate surface area is 139 Å². The number of hydrogen-bond donors (Lipinski definition) is 2. The number of allylic oxidation sites excluding steroid dienone is 2. The number of benzene rings is 2. The van der Waals surface area contributed by atoms with Gasteiger partial charge in [0, 0.05) is 16.6 Å². The highest BCUT2D eigenvalue weighted by molar-refractivity contribution is 6.31. The summed E-state index contributed by atoms with van der Waals surface area (Å²) >= 11 is 6.40. The van der Waals surface area contributed by atoms with Crippen LogP contribution in [0.2, 0.25) is 5.02 Å². The molecule has 1 aliphatic heterocycles. The molecule has 2 aromatic rings. The van der Waals surface area contributed by atoms with Gasteiger partial charge >= 0.3 is 5.97 Å². The minimum Gasteiger partial charge on any atom is -0.478 e. The average Bonchev–Trinajstić information content (AvgIpc) is 3.04. The van der Waals surface area contributed by atoms with Gasteiger partial charge in [-0.2, -0.15) is 0 Å². The summed E-state index contributed by atoms with van der Waals surface area (Å²) in [7, 11) is 0. The van der Waals surface area contributed by atoms with Gasteiger partial charge in [-0.1, -0.05) is 42.0 Å². The molecule has 3 atom stereocenters. The number of fused-ring (bicyclic) bond motifs is 3. The topological polar surface area (TPSA) is 49.3 Å². The second-order valence-electron chi connectivity index (χ2n) is 6.10. The van der Waals surface area contributed by atoms with E-state index in [-0.39, 0.29) is 12.0 Å². The van der Waals surface area contributed by atoms with E-state index in [2.05, 4.69) is 23.5 Å². The van der Waals surface area contributed by atoms with E-state index in [4.69, 9.17) is 11.6 Å². The number of hydrogen-bond acceptors (Lipinski definition) is 2. The molecule has 0 saturated heterocycles. The van der Waals surface area contributed by atoms with Crippen LogP contribution in [0.15, 0.2) is 54.6 Å². The molecule has 2 N–H and O–H groups in total. The van der Waals surface area contributed by atoms with Crippen LogP contribution in [-0.4, -0.2) is 11.1 Å². The average molecular weight is 326 g/mol. The first-order chi connectivity index (χ1) is 11.1. The van der Waals surface area contributed by atoms with Gasteiger partial charge in [-0.25, -0.2) is 4.79 Å². The predicted molar refractivity (Wildman–Crippen MR) is 91.2 cm³/mol. The molecule has 0 saturated carbocycles. The number of aromatic carboxylic acids is 1.